The first-order chi connectivity index (χ1) is 15.1. The third-order valence-electron chi connectivity index (χ3n) is 4.67. The highest BCUT2D eigenvalue weighted by Crippen LogP contribution is 2.17. The smallest absolute Gasteiger partial charge is 0.333 e. The highest BCUT2D eigenvalue weighted by atomic mass is 16.6. The molecule has 2 N–H and O–H groups in total. The summed E-state index contributed by atoms with van der Waals surface area (Å²) in [5, 5.41) is 9.23. The van der Waals surface area contributed by atoms with Gasteiger partial charge in [0.05, 0.1) is 6.61 Å². The van der Waals surface area contributed by atoms with E-state index >= 15 is 0 Å². The van der Waals surface area contributed by atoms with Crippen molar-refractivity contribution < 1.29 is 24.2 Å². The Balaban J connectivity index is 1.97. The lowest BCUT2D eigenvalue weighted by Crippen LogP contribution is -2.26. The average Bonchev–Trinajstić information content (AvgIpc) is 2.79. The fraction of sp³-hybridized carbons (Fsp3) is 0.400. The van der Waals surface area contributed by atoms with Crippen molar-refractivity contribution in [2.75, 3.05) is 13.2 Å². The van der Waals surface area contributed by atoms with E-state index < -0.39 is 12.1 Å². The van der Waals surface area contributed by atoms with Crippen LogP contribution in [0.25, 0.3) is 5.70 Å². The van der Waals surface area contributed by atoms with Gasteiger partial charge in [-0.2, -0.15) is 0 Å². The predicted molar refractivity (Wildman–Crippen MR) is 121 cm³/mol. The summed E-state index contributed by atoms with van der Waals surface area (Å²) in [4.78, 5) is 16.9. The molecule has 0 saturated carbocycles. The molecule has 6 heteroatoms. The molecule has 1 atom stereocenters. The number of hydroxylamine groups is 1. The Morgan fingerprint density at radius 2 is 1.77 bits per heavy atom. The lowest BCUT2D eigenvalue weighted by Gasteiger charge is -2.13. The Kier molecular flexibility index (Phi) is 11.2. The molecular formula is C25H33NO5. The van der Waals surface area contributed by atoms with E-state index in [4.69, 9.17) is 14.3 Å². The van der Waals surface area contributed by atoms with Gasteiger partial charge in [0.15, 0.2) is 6.10 Å². The second kappa shape index (κ2) is 14.2. The molecule has 0 aliphatic carbocycles. The molecule has 2 aromatic rings. The summed E-state index contributed by atoms with van der Waals surface area (Å²) in [6, 6.07) is 17.1. The molecule has 2 aromatic carbocycles. The molecule has 31 heavy (non-hydrogen) atoms. The van der Waals surface area contributed by atoms with Crippen LogP contribution in [-0.4, -0.2) is 30.4 Å². The van der Waals surface area contributed by atoms with Crippen LogP contribution in [0.15, 0.2) is 60.9 Å². The second-order valence-electron chi connectivity index (χ2n) is 7.16. The molecule has 0 radical (unpaired) electrons. The zero-order chi connectivity index (χ0) is 22.3. The predicted octanol–water partition coefficient (Wildman–Crippen LogP) is 5.20. The molecule has 168 valence electrons. The topological polar surface area (TPSA) is 77.0 Å². The van der Waals surface area contributed by atoms with Crippen molar-refractivity contribution >= 4 is 11.7 Å². The zero-order valence-electron chi connectivity index (χ0n) is 18.4. The van der Waals surface area contributed by atoms with Gasteiger partial charge in [-0.3, -0.25) is 10.3 Å². The van der Waals surface area contributed by atoms with Crippen molar-refractivity contribution in [2.24, 2.45) is 0 Å². The molecule has 0 amide bonds. The Bertz CT molecular complexity index is 789. The first-order valence-corrected chi connectivity index (χ1v) is 10.9. The molecule has 1 unspecified atom stereocenters. The summed E-state index contributed by atoms with van der Waals surface area (Å²) in [5.41, 5.74) is 5.55. The van der Waals surface area contributed by atoms with Crippen LogP contribution in [0, 0.1) is 0 Å². The molecule has 0 fully saturated rings. The number of carboxylic acids is 1. The third-order valence-corrected chi connectivity index (χ3v) is 4.67. The van der Waals surface area contributed by atoms with E-state index in [0.29, 0.717) is 25.4 Å². The molecule has 6 nitrogen and oxygen atoms in total. The van der Waals surface area contributed by atoms with Crippen LogP contribution >= 0.6 is 0 Å². The summed E-state index contributed by atoms with van der Waals surface area (Å²) in [5.74, 6) is -0.316. The third kappa shape index (κ3) is 9.24. The molecule has 0 aromatic heterocycles. The fourth-order valence-electron chi connectivity index (χ4n) is 2.96. The Morgan fingerprint density at radius 1 is 1.03 bits per heavy atom. The zero-order valence-corrected chi connectivity index (χ0v) is 18.4. The van der Waals surface area contributed by atoms with Crippen molar-refractivity contribution in [2.45, 2.75) is 52.1 Å². The summed E-state index contributed by atoms with van der Waals surface area (Å²) >= 11 is 0. The van der Waals surface area contributed by atoms with Crippen LogP contribution in [0.2, 0.25) is 0 Å². The number of unbranched alkanes of at least 4 members (excludes halogenated alkanes) is 3. The highest BCUT2D eigenvalue weighted by Gasteiger charge is 2.17. The van der Waals surface area contributed by atoms with Crippen LogP contribution in [-0.2, 0) is 20.8 Å². The van der Waals surface area contributed by atoms with Crippen molar-refractivity contribution in [1.29, 1.82) is 0 Å². The van der Waals surface area contributed by atoms with E-state index in [2.05, 4.69) is 12.4 Å². The van der Waals surface area contributed by atoms with E-state index in [1.807, 2.05) is 54.6 Å². The number of benzene rings is 2. The summed E-state index contributed by atoms with van der Waals surface area (Å²) in [6.07, 6.45) is 5.64. The first kappa shape index (κ1) is 24.4. The summed E-state index contributed by atoms with van der Waals surface area (Å²) in [7, 11) is 0. The summed E-state index contributed by atoms with van der Waals surface area (Å²) < 4.78 is 11.1. The van der Waals surface area contributed by atoms with Gasteiger partial charge >= 0.3 is 5.97 Å². The SMILES string of the molecule is CCCCCCONC(=COc1ccc(CC(OCC)C(=O)O)cc1)c1ccccc1. The Morgan fingerprint density at radius 3 is 2.42 bits per heavy atom. The van der Waals surface area contributed by atoms with Crippen LogP contribution in [0.3, 0.4) is 0 Å². The number of rotatable bonds is 15. The molecule has 0 aliphatic heterocycles. The van der Waals surface area contributed by atoms with E-state index in [9.17, 15) is 9.90 Å². The average molecular weight is 428 g/mol. The van der Waals surface area contributed by atoms with Gasteiger partial charge in [0.2, 0.25) is 0 Å². The lowest BCUT2D eigenvalue weighted by molar-refractivity contribution is -0.149. The number of nitrogens with one attached hydrogen (secondary N) is 1. The summed E-state index contributed by atoms with van der Waals surface area (Å²) in [6.45, 7) is 4.96. The molecule has 0 heterocycles. The molecular weight excluding hydrogens is 394 g/mol. The quantitative estimate of drug-likeness (QED) is 0.231. The fourth-order valence-corrected chi connectivity index (χ4v) is 2.96. The number of ether oxygens (including phenoxy) is 2. The molecule has 0 saturated heterocycles. The van der Waals surface area contributed by atoms with E-state index in [-0.39, 0.29) is 0 Å². The van der Waals surface area contributed by atoms with Crippen LogP contribution in [0.5, 0.6) is 5.75 Å². The maximum absolute atomic E-state index is 11.3. The van der Waals surface area contributed by atoms with E-state index in [1.165, 1.54) is 12.8 Å². The standard InChI is InChI=1S/C25H33NO5/c1-3-5-6-10-17-31-26-23(21-11-8-7-9-12-21)19-30-22-15-13-20(14-16-22)18-24(25(27)28)29-4-2/h7-9,11-16,19,24,26H,3-6,10,17-18H2,1-2H3,(H,27,28). The van der Waals surface area contributed by atoms with Gasteiger partial charge < -0.3 is 14.6 Å². The Hall–Kier alpha value is -2.83. The molecule has 0 spiro atoms. The van der Waals surface area contributed by atoms with E-state index in [0.717, 1.165) is 29.7 Å². The van der Waals surface area contributed by atoms with Gasteiger partial charge in [-0.05, 0) is 31.0 Å². The van der Waals surface area contributed by atoms with Crippen LogP contribution in [0.1, 0.15) is 50.7 Å². The monoisotopic (exact) mass is 427 g/mol. The maximum atomic E-state index is 11.3. The first-order valence-electron chi connectivity index (χ1n) is 10.9. The van der Waals surface area contributed by atoms with Crippen LogP contribution in [0.4, 0.5) is 0 Å². The van der Waals surface area contributed by atoms with Gasteiger partial charge in [0.1, 0.15) is 17.7 Å². The van der Waals surface area contributed by atoms with Crippen molar-refractivity contribution in [3.8, 4) is 5.75 Å². The molecule has 0 bridgehead atoms. The largest absolute Gasteiger partial charge is 0.479 e. The number of hydrogen-bond acceptors (Lipinski definition) is 5. The van der Waals surface area contributed by atoms with Gasteiger partial charge in [-0.15, -0.1) is 0 Å². The van der Waals surface area contributed by atoms with Gasteiger partial charge in [0.25, 0.3) is 0 Å². The number of hydrogen-bond donors (Lipinski definition) is 2. The minimum Gasteiger partial charge on any atom is -0.479 e. The normalized spacial score (nSPS) is 12.4. The molecule has 0 aliphatic rings. The minimum atomic E-state index is -0.960. The van der Waals surface area contributed by atoms with E-state index in [1.54, 1.807) is 13.2 Å². The van der Waals surface area contributed by atoms with Crippen molar-refractivity contribution in [3.05, 3.63) is 72.0 Å². The lowest BCUT2D eigenvalue weighted by atomic mass is 10.1. The molecule has 2 rings (SSSR count). The Labute approximate surface area is 184 Å². The van der Waals surface area contributed by atoms with Gasteiger partial charge in [-0.1, -0.05) is 68.7 Å². The van der Waals surface area contributed by atoms with Gasteiger partial charge in [0, 0.05) is 18.6 Å². The van der Waals surface area contributed by atoms with Gasteiger partial charge in [-0.25, -0.2) is 4.79 Å². The number of aliphatic carboxylic acids is 1. The number of carboxylic acid groups (broad SMARTS) is 1. The van der Waals surface area contributed by atoms with Crippen molar-refractivity contribution in [3.63, 3.8) is 0 Å². The maximum Gasteiger partial charge on any atom is 0.333 e. The minimum absolute atomic E-state index is 0.308. The van der Waals surface area contributed by atoms with Crippen molar-refractivity contribution in [1.82, 2.24) is 5.48 Å². The van der Waals surface area contributed by atoms with Crippen LogP contribution < -0.4 is 10.2 Å². The second-order valence-corrected chi connectivity index (χ2v) is 7.16. The number of carbonyl (C=O) groups is 1. The highest BCUT2D eigenvalue weighted by molar-refractivity contribution is 5.72.